The van der Waals surface area contributed by atoms with Crippen molar-refractivity contribution < 1.29 is 19.1 Å². The van der Waals surface area contributed by atoms with Crippen LogP contribution in [0.2, 0.25) is 0 Å². The van der Waals surface area contributed by atoms with Gasteiger partial charge in [0.15, 0.2) is 0 Å². The Bertz CT molecular complexity index is 1200. The Kier molecular flexibility index (Phi) is 5.86. The Balaban J connectivity index is 1.76. The molecule has 2 aromatic carbocycles. The second-order valence-corrected chi connectivity index (χ2v) is 7.95. The van der Waals surface area contributed by atoms with Crippen LogP contribution in [0.4, 0.5) is 4.39 Å². The van der Waals surface area contributed by atoms with Gasteiger partial charge in [-0.25, -0.2) is 4.39 Å². The lowest BCUT2D eigenvalue weighted by Gasteiger charge is -2.25. The van der Waals surface area contributed by atoms with E-state index in [0.29, 0.717) is 17.5 Å². The maximum absolute atomic E-state index is 13.2. The molecule has 1 aliphatic rings. The molecule has 0 radical (unpaired) electrons. The number of nitrogens with zero attached hydrogens (tertiary/aromatic N) is 2. The van der Waals surface area contributed by atoms with Crippen LogP contribution in [-0.2, 0) is 16.0 Å². The lowest BCUT2D eigenvalue weighted by atomic mass is 9.94. The molecule has 1 fully saturated rings. The van der Waals surface area contributed by atoms with Gasteiger partial charge in [-0.15, -0.1) is 0 Å². The van der Waals surface area contributed by atoms with E-state index in [0.717, 1.165) is 16.7 Å². The largest absolute Gasteiger partial charge is 0.507 e. The fourth-order valence-electron chi connectivity index (χ4n) is 3.95. The van der Waals surface area contributed by atoms with Crippen molar-refractivity contribution in [2.45, 2.75) is 26.3 Å². The van der Waals surface area contributed by atoms with Crippen LogP contribution in [0.5, 0.6) is 0 Å². The molecular formula is C26H23FN2O3. The summed E-state index contributed by atoms with van der Waals surface area (Å²) in [6, 6.07) is 14.2. The van der Waals surface area contributed by atoms with Crippen LogP contribution in [0.1, 0.15) is 33.9 Å². The Morgan fingerprint density at radius 1 is 1.00 bits per heavy atom. The van der Waals surface area contributed by atoms with Crippen molar-refractivity contribution in [2.75, 3.05) is 6.54 Å². The van der Waals surface area contributed by atoms with E-state index < -0.39 is 17.7 Å². The maximum atomic E-state index is 13.2. The van der Waals surface area contributed by atoms with Gasteiger partial charge in [-0.2, -0.15) is 0 Å². The summed E-state index contributed by atoms with van der Waals surface area (Å²) >= 11 is 0. The Morgan fingerprint density at radius 3 is 2.34 bits per heavy atom. The number of aryl methyl sites for hydroxylation is 2. The first-order valence-electron chi connectivity index (χ1n) is 10.4. The zero-order valence-corrected chi connectivity index (χ0v) is 17.9. The number of carbonyl (C=O) groups is 2. The molecule has 0 spiro atoms. The van der Waals surface area contributed by atoms with Crippen LogP contribution in [-0.4, -0.2) is 33.2 Å². The van der Waals surface area contributed by atoms with Crippen LogP contribution in [0.15, 0.2) is 72.6 Å². The number of aliphatic hydroxyl groups excluding tert-OH is 1. The van der Waals surface area contributed by atoms with E-state index in [1.807, 2.05) is 19.9 Å². The quantitative estimate of drug-likeness (QED) is 0.368. The average Bonchev–Trinajstić information content (AvgIpc) is 3.05. The summed E-state index contributed by atoms with van der Waals surface area (Å²) in [7, 11) is 0. The minimum Gasteiger partial charge on any atom is -0.507 e. The molecular weight excluding hydrogens is 407 g/mol. The third kappa shape index (κ3) is 4.04. The zero-order chi connectivity index (χ0) is 22.8. The molecule has 3 aromatic rings. The van der Waals surface area contributed by atoms with E-state index in [2.05, 4.69) is 4.98 Å². The van der Waals surface area contributed by atoms with Crippen LogP contribution in [0.25, 0.3) is 5.76 Å². The van der Waals surface area contributed by atoms with Crippen LogP contribution >= 0.6 is 0 Å². The molecule has 2 heterocycles. The number of hydrogen-bond donors (Lipinski definition) is 1. The monoisotopic (exact) mass is 430 g/mol. The number of ketones is 1. The summed E-state index contributed by atoms with van der Waals surface area (Å²) in [6.07, 6.45) is 3.62. The van der Waals surface area contributed by atoms with Gasteiger partial charge >= 0.3 is 0 Å². The highest BCUT2D eigenvalue weighted by molar-refractivity contribution is 6.46. The molecule has 1 amide bonds. The number of aromatic nitrogens is 1. The number of Topliss-reactive ketones (excluding diaryl/α,β-unsaturated/α-hetero) is 1. The molecule has 0 bridgehead atoms. The van der Waals surface area contributed by atoms with Gasteiger partial charge in [0.05, 0.1) is 11.6 Å². The summed E-state index contributed by atoms with van der Waals surface area (Å²) in [5.74, 6) is -1.92. The zero-order valence-electron chi connectivity index (χ0n) is 17.9. The number of halogens is 1. The second kappa shape index (κ2) is 8.75. The van der Waals surface area contributed by atoms with Crippen molar-refractivity contribution in [1.29, 1.82) is 0 Å². The minimum atomic E-state index is -0.736. The standard InChI is InChI=1S/C26H23FN2O3/c1-16-3-6-20(15-17(16)2)24(30)22-23(19-9-12-28-13-10-19)29(26(32)25(22)31)14-11-18-4-7-21(27)8-5-18/h3-10,12-13,15,23,30H,11,14H2,1-2H3/b24-22-. The molecule has 1 aromatic heterocycles. The van der Waals surface area contributed by atoms with E-state index in [9.17, 15) is 19.1 Å². The van der Waals surface area contributed by atoms with Gasteiger partial charge in [0, 0.05) is 24.5 Å². The summed E-state index contributed by atoms with van der Waals surface area (Å²) in [5, 5.41) is 11.1. The predicted molar refractivity (Wildman–Crippen MR) is 119 cm³/mol. The number of hydrogen-bond acceptors (Lipinski definition) is 4. The summed E-state index contributed by atoms with van der Waals surface area (Å²) in [4.78, 5) is 31.5. The Morgan fingerprint density at radius 2 is 1.69 bits per heavy atom. The molecule has 1 aliphatic heterocycles. The highest BCUT2D eigenvalue weighted by Gasteiger charge is 2.45. The van der Waals surface area contributed by atoms with E-state index in [-0.39, 0.29) is 23.7 Å². The first-order chi connectivity index (χ1) is 15.4. The maximum Gasteiger partial charge on any atom is 0.295 e. The average molecular weight is 430 g/mol. The molecule has 0 saturated carbocycles. The van der Waals surface area contributed by atoms with Crippen molar-refractivity contribution in [3.63, 3.8) is 0 Å². The third-order valence-electron chi connectivity index (χ3n) is 5.90. The molecule has 1 saturated heterocycles. The van der Waals surface area contributed by atoms with E-state index >= 15 is 0 Å². The van der Waals surface area contributed by atoms with Crippen molar-refractivity contribution >= 4 is 17.4 Å². The van der Waals surface area contributed by atoms with Gasteiger partial charge in [0.25, 0.3) is 11.7 Å². The first-order valence-corrected chi connectivity index (χ1v) is 10.4. The molecule has 5 nitrogen and oxygen atoms in total. The number of likely N-dealkylation sites (tertiary alicyclic amines) is 1. The summed E-state index contributed by atoms with van der Waals surface area (Å²) in [5.41, 5.74) is 4.11. The highest BCUT2D eigenvalue weighted by Crippen LogP contribution is 2.39. The Labute approximate surface area is 185 Å². The normalized spacial score (nSPS) is 17.7. The minimum absolute atomic E-state index is 0.0589. The molecule has 1 N–H and O–H groups in total. The van der Waals surface area contributed by atoms with Gasteiger partial charge in [0.1, 0.15) is 11.6 Å². The number of rotatable bonds is 5. The van der Waals surface area contributed by atoms with Crippen molar-refractivity contribution in [2.24, 2.45) is 0 Å². The highest BCUT2D eigenvalue weighted by atomic mass is 19.1. The van der Waals surface area contributed by atoms with Crippen LogP contribution in [0.3, 0.4) is 0 Å². The van der Waals surface area contributed by atoms with Crippen molar-refractivity contribution in [1.82, 2.24) is 9.88 Å². The van der Waals surface area contributed by atoms with E-state index in [1.165, 1.54) is 17.0 Å². The fraction of sp³-hybridized carbons (Fsp3) is 0.192. The molecule has 4 rings (SSSR count). The van der Waals surface area contributed by atoms with Crippen LogP contribution < -0.4 is 0 Å². The van der Waals surface area contributed by atoms with Crippen LogP contribution in [0, 0.1) is 19.7 Å². The lowest BCUT2D eigenvalue weighted by Crippen LogP contribution is -2.31. The first kappa shape index (κ1) is 21.4. The topological polar surface area (TPSA) is 70.5 Å². The number of aliphatic hydroxyl groups is 1. The molecule has 6 heteroatoms. The molecule has 0 aliphatic carbocycles. The van der Waals surface area contributed by atoms with Gasteiger partial charge in [-0.3, -0.25) is 14.6 Å². The van der Waals surface area contributed by atoms with E-state index in [1.54, 1.807) is 48.8 Å². The Hall–Kier alpha value is -3.80. The van der Waals surface area contributed by atoms with Gasteiger partial charge < -0.3 is 10.0 Å². The second-order valence-electron chi connectivity index (χ2n) is 7.95. The van der Waals surface area contributed by atoms with Gasteiger partial charge in [-0.05, 0) is 72.9 Å². The van der Waals surface area contributed by atoms with Crippen molar-refractivity contribution in [3.05, 3.63) is 106 Å². The molecule has 162 valence electrons. The lowest BCUT2D eigenvalue weighted by molar-refractivity contribution is -0.139. The predicted octanol–water partition coefficient (Wildman–Crippen LogP) is 4.50. The number of benzene rings is 2. The molecule has 1 atom stereocenters. The summed E-state index contributed by atoms with van der Waals surface area (Å²) in [6.45, 7) is 4.13. The summed E-state index contributed by atoms with van der Waals surface area (Å²) < 4.78 is 13.2. The van der Waals surface area contributed by atoms with Gasteiger partial charge in [-0.1, -0.05) is 24.3 Å². The smallest absolute Gasteiger partial charge is 0.295 e. The number of pyridine rings is 1. The van der Waals surface area contributed by atoms with Gasteiger partial charge in [0.2, 0.25) is 0 Å². The number of amides is 1. The fourth-order valence-corrected chi connectivity index (χ4v) is 3.95. The van der Waals surface area contributed by atoms with Crippen molar-refractivity contribution in [3.8, 4) is 0 Å². The SMILES string of the molecule is Cc1ccc(/C(O)=C2/C(=O)C(=O)N(CCc3ccc(F)cc3)C2c2ccncc2)cc1C. The molecule has 1 unspecified atom stereocenters. The third-order valence-corrected chi connectivity index (χ3v) is 5.90. The van der Waals surface area contributed by atoms with E-state index in [4.69, 9.17) is 0 Å². The molecule has 32 heavy (non-hydrogen) atoms. The number of carbonyl (C=O) groups excluding carboxylic acids is 2.